The van der Waals surface area contributed by atoms with Crippen molar-refractivity contribution in [1.82, 2.24) is 9.80 Å². The monoisotopic (exact) mass is 259 g/mol. The molecule has 0 atom stereocenters. The Morgan fingerprint density at radius 2 is 1.67 bits per heavy atom. The van der Waals surface area contributed by atoms with Gasteiger partial charge in [-0.05, 0) is 26.9 Å². The van der Waals surface area contributed by atoms with Crippen molar-refractivity contribution in [3.8, 4) is 0 Å². The van der Waals surface area contributed by atoms with Crippen LogP contribution in [0.4, 0.5) is 4.79 Å². The van der Waals surface area contributed by atoms with Gasteiger partial charge in [-0.3, -0.25) is 4.79 Å². The van der Waals surface area contributed by atoms with E-state index in [1.54, 1.807) is 4.90 Å². The number of carbonyl (C=O) groups excluding carboxylic acids is 1. The van der Waals surface area contributed by atoms with Crippen LogP contribution in [0, 0.1) is 0 Å². The lowest BCUT2D eigenvalue weighted by atomic mass is 10.2. The quantitative estimate of drug-likeness (QED) is 0.790. The van der Waals surface area contributed by atoms with Crippen LogP contribution in [-0.4, -0.2) is 60.6 Å². The van der Waals surface area contributed by atoms with Crippen LogP contribution in [0.25, 0.3) is 0 Å². The molecule has 0 aromatic rings. The fraction of sp³-hybridized carbons (Fsp3) is 0.833. The zero-order valence-corrected chi connectivity index (χ0v) is 11.4. The van der Waals surface area contributed by atoms with E-state index in [-0.39, 0.29) is 12.5 Å². The van der Waals surface area contributed by atoms with Crippen LogP contribution in [0.15, 0.2) is 0 Å². The number of aliphatic carboxylic acids is 1. The number of carboxylic acid groups (broad SMARTS) is 1. The highest BCUT2D eigenvalue weighted by Gasteiger charge is 2.10. The molecule has 3 N–H and O–H groups in total. The molecule has 1 heterocycles. The first-order valence-electron chi connectivity index (χ1n) is 6.34. The number of nitrogens with zero attached hydrogens (tertiary/aromatic N) is 2. The summed E-state index contributed by atoms with van der Waals surface area (Å²) in [6.45, 7) is 2.33. The third-order valence-electron chi connectivity index (χ3n) is 2.69. The summed E-state index contributed by atoms with van der Waals surface area (Å²) < 4.78 is 0. The fourth-order valence-corrected chi connectivity index (χ4v) is 1.61. The number of urea groups is 1. The largest absolute Gasteiger partial charge is 0.481 e. The number of hydrogen-bond donors (Lipinski definition) is 2. The molecule has 0 aromatic carbocycles. The molecule has 2 amide bonds. The van der Waals surface area contributed by atoms with E-state index >= 15 is 0 Å². The van der Waals surface area contributed by atoms with Crippen LogP contribution in [0.5, 0.6) is 0 Å². The first-order chi connectivity index (χ1) is 8.43. The van der Waals surface area contributed by atoms with E-state index in [2.05, 4.69) is 0 Å². The van der Waals surface area contributed by atoms with Gasteiger partial charge in [-0.2, -0.15) is 0 Å². The lowest BCUT2D eigenvalue weighted by Gasteiger charge is -2.16. The van der Waals surface area contributed by atoms with Gasteiger partial charge in [-0.1, -0.05) is 12.8 Å². The highest BCUT2D eigenvalue weighted by atomic mass is 16.4. The van der Waals surface area contributed by atoms with Gasteiger partial charge < -0.3 is 20.6 Å². The first kappa shape index (κ1) is 16.7. The maximum Gasteiger partial charge on any atom is 0.314 e. The van der Waals surface area contributed by atoms with Gasteiger partial charge in [0.2, 0.25) is 0 Å². The molecule has 1 aliphatic rings. The van der Waals surface area contributed by atoms with E-state index in [0.717, 1.165) is 25.9 Å². The standard InChI is InChI=1S/C7H14N2O.C5H11NO2/c8-7(10)9-5-3-1-2-4-6-9;1-6(2)4-3-5(7)8/h1-6H2,(H2,8,10);3-4H2,1-2H3,(H,7,8). The van der Waals surface area contributed by atoms with Crippen molar-refractivity contribution in [3.63, 3.8) is 0 Å². The number of nitrogens with two attached hydrogens (primary N) is 1. The summed E-state index contributed by atoms with van der Waals surface area (Å²) in [6, 6.07) is -0.262. The second-order valence-corrected chi connectivity index (χ2v) is 4.69. The lowest BCUT2D eigenvalue weighted by molar-refractivity contribution is -0.137. The Hall–Kier alpha value is -1.30. The molecule has 18 heavy (non-hydrogen) atoms. The smallest absolute Gasteiger partial charge is 0.314 e. The zero-order chi connectivity index (χ0) is 14.0. The average molecular weight is 259 g/mol. The van der Waals surface area contributed by atoms with E-state index in [4.69, 9.17) is 10.8 Å². The van der Waals surface area contributed by atoms with E-state index in [1.807, 2.05) is 19.0 Å². The van der Waals surface area contributed by atoms with E-state index in [0.29, 0.717) is 6.54 Å². The SMILES string of the molecule is CN(C)CCC(=O)O.NC(=O)N1CCCCCC1. The Morgan fingerprint density at radius 3 is 1.94 bits per heavy atom. The highest BCUT2D eigenvalue weighted by molar-refractivity contribution is 5.71. The fourth-order valence-electron chi connectivity index (χ4n) is 1.61. The molecule has 6 nitrogen and oxygen atoms in total. The molecule has 1 rings (SSSR count). The molecule has 1 saturated heterocycles. The van der Waals surface area contributed by atoms with Gasteiger partial charge in [0, 0.05) is 19.6 Å². The molecular formula is C12H25N3O3. The number of likely N-dealkylation sites (tertiary alicyclic amines) is 1. The third-order valence-corrected chi connectivity index (χ3v) is 2.69. The molecule has 106 valence electrons. The van der Waals surface area contributed by atoms with Crippen LogP contribution in [-0.2, 0) is 4.79 Å². The van der Waals surface area contributed by atoms with E-state index in [1.165, 1.54) is 12.8 Å². The molecule has 1 fully saturated rings. The number of carbonyl (C=O) groups is 2. The minimum Gasteiger partial charge on any atom is -0.481 e. The Bertz CT molecular complexity index is 249. The number of hydrogen-bond acceptors (Lipinski definition) is 3. The topological polar surface area (TPSA) is 86.9 Å². The molecule has 0 spiro atoms. The second kappa shape index (κ2) is 9.70. The Balaban J connectivity index is 0.000000331. The van der Waals surface area contributed by atoms with Crippen LogP contribution < -0.4 is 5.73 Å². The Kier molecular flexibility index (Phi) is 9.00. The normalized spacial score (nSPS) is 15.6. The average Bonchev–Trinajstić information content (AvgIpc) is 2.55. The van der Waals surface area contributed by atoms with Crippen molar-refractivity contribution < 1.29 is 14.7 Å². The molecule has 0 saturated carbocycles. The predicted molar refractivity (Wildman–Crippen MR) is 70.4 cm³/mol. The van der Waals surface area contributed by atoms with E-state index < -0.39 is 5.97 Å². The summed E-state index contributed by atoms with van der Waals surface area (Å²) >= 11 is 0. The van der Waals surface area contributed by atoms with Crippen LogP contribution in [0.1, 0.15) is 32.1 Å². The van der Waals surface area contributed by atoms with Crippen molar-refractivity contribution >= 4 is 12.0 Å². The van der Waals surface area contributed by atoms with Gasteiger partial charge in [0.25, 0.3) is 0 Å². The van der Waals surface area contributed by atoms with E-state index in [9.17, 15) is 9.59 Å². The molecule has 0 bridgehead atoms. The molecule has 6 heteroatoms. The number of amides is 2. The minimum absolute atomic E-state index is 0.229. The summed E-state index contributed by atoms with van der Waals surface area (Å²) in [7, 11) is 3.70. The van der Waals surface area contributed by atoms with Crippen molar-refractivity contribution in [3.05, 3.63) is 0 Å². The van der Waals surface area contributed by atoms with Gasteiger partial charge in [0.15, 0.2) is 0 Å². The molecule has 0 aliphatic carbocycles. The van der Waals surface area contributed by atoms with Gasteiger partial charge in [0.05, 0.1) is 6.42 Å². The van der Waals surface area contributed by atoms with Crippen molar-refractivity contribution in [2.75, 3.05) is 33.7 Å². The molecule has 1 aliphatic heterocycles. The van der Waals surface area contributed by atoms with Crippen LogP contribution in [0.2, 0.25) is 0 Å². The Labute approximate surface area is 109 Å². The first-order valence-corrected chi connectivity index (χ1v) is 6.34. The van der Waals surface area contributed by atoms with Crippen LogP contribution >= 0.6 is 0 Å². The minimum atomic E-state index is -0.737. The van der Waals surface area contributed by atoms with Crippen molar-refractivity contribution in [1.29, 1.82) is 0 Å². The third kappa shape index (κ3) is 9.89. The lowest BCUT2D eigenvalue weighted by Crippen LogP contribution is -2.36. The zero-order valence-electron chi connectivity index (χ0n) is 11.4. The van der Waals surface area contributed by atoms with Crippen LogP contribution in [0.3, 0.4) is 0 Å². The molecule has 0 unspecified atom stereocenters. The second-order valence-electron chi connectivity index (χ2n) is 4.69. The number of primary amides is 1. The highest BCUT2D eigenvalue weighted by Crippen LogP contribution is 2.08. The number of carboxylic acids is 1. The summed E-state index contributed by atoms with van der Waals surface area (Å²) in [4.78, 5) is 24.1. The Morgan fingerprint density at radius 1 is 1.17 bits per heavy atom. The molecular weight excluding hydrogens is 234 g/mol. The summed E-state index contributed by atoms with van der Waals surface area (Å²) in [5.41, 5.74) is 5.12. The van der Waals surface area contributed by atoms with Gasteiger partial charge in [-0.15, -0.1) is 0 Å². The maximum absolute atomic E-state index is 10.7. The van der Waals surface area contributed by atoms with Gasteiger partial charge >= 0.3 is 12.0 Å². The maximum atomic E-state index is 10.7. The molecule has 0 radical (unpaired) electrons. The predicted octanol–water partition coefficient (Wildman–Crippen LogP) is 0.964. The summed E-state index contributed by atoms with van der Waals surface area (Å²) in [6.07, 6.45) is 4.94. The van der Waals surface area contributed by atoms with Crippen molar-refractivity contribution in [2.45, 2.75) is 32.1 Å². The number of rotatable bonds is 3. The summed E-state index contributed by atoms with van der Waals surface area (Å²) in [5.74, 6) is -0.737. The molecule has 0 aromatic heterocycles. The van der Waals surface area contributed by atoms with Gasteiger partial charge in [-0.25, -0.2) is 4.79 Å². The van der Waals surface area contributed by atoms with Crippen molar-refractivity contribution in [2.24, 2.45) is 5.73 Å². The summed E-state index contributed by atoms with van der Waals surface area (Å²) in [5, 5.41) is 8.14. The van der Waals surface area contributed by atoms with Gasteiger partial charge in [0.1, 0.15) is 0 Å².